The van der Waals surface area contributed by atoms with Crippen molar-refractivity contribution in [1.29, 1.82) is 0 Å². The van der Waals surface area contributed by atoms with Crippen molar-refractivity contribution >= 4 is 54.7 Å². The van der Waals surface area contributed by atoms with Crippen LogP contribution in [0.4, 0.5) is 17.6 Å². The van der Waals surface area contributed by atoms with Crippen LogP contribution in [0.5, 0.6) is 0 Å². The minimum absolute atomic E-state index is 0. The average molecular weight is 1540 g/mol. The third kappa shape index (κ3) is 17.2. The molecular weight excluding hydrogens is 1440 g/mol. The van der Waals surface area contributed by atoms with Gasteiger partial charge in [-0.2, -0.15) is 13.2 Å². The molecule has 0 atom stereocenters. The van der Waals surface area contributed by atoms with Crippen molar-refractivity contribution in [3.05, 3.63) is 177 Å². The molecule has 12 heteroatoms. The number of aliphatic hydroxyl groups is 2. The number of pyridine rings is 2. The van der Waals surface area contributed by atoms with Gasteiger partial charge >= 0.3 is 6.18 Å². The Kier molecular flexibility index (Phi) is 20.0. The molecule has 6 aromatic carbocycles. The van der Waals surface area contributed by atoms with Gasteiger partial charge in [-0.05, 0) is 143 Å². The molecule has 466 valence electrons. The molecule has 0 aliphatic heterocycles. The van der Waals surface area contributed by atoms with Gasteiger partial charge < -0.3 is 20.2 Å². The number of carbonyl (C=O) groups is 2. The van der Waals surface area contributed by atoms with Crippen LogP contribution in [0.2, 0.25) is 0 Å². The molecule has 0 unspecified atom stereocenters. The van der Waals surface area contributed by atoms with Gasteiger partial charge in [0.05, 0.1) is 5.56 Å². The van der Waals surface area contributed by atoms with Crippen molar-refractivity contribution < 1.29 is 94.0 Å². The second kappa shape index (κ2) is 30.3. The van der Waals surface area contributed by atoms with E-state index in [1.807, 2.05) is 96.1 Å². The summed E-state index contributed by atoms with van der Waals surface area (Å²) in [4.78, 5) is 32.9. The predicted octanol–water partition coefficient (Wildman–Crippen LogP) is 21.5. The maximum absolute atomic E-state index is 14.3. The quantitative estimate of drug-likeness (QED) is 0.0370. The molecular formula is C74H88F4Ir2N2O4-2. The maximum atomic E-state index is 14.3. The van der Waals surface area contributed by atoms with Gasteiger partial charge in [0.15, 0.2) is 11.6 Å². The second-order valence-electron chi connectivity index (χ2n) is 23.5. The number of fused-ring (bicyclic) bond motifs is 6. The number of aryl methyl sites for hydroxylation is 7. The molecule has 6 nitrogen and oxygen atoms in total. The van der Waals surface area contributed by atoms with Crippen molar-refractivity contribution in [1.82, 2.24) is 9.97 Å². The first-order valence-corrected chi connectivity index (χ1v) is 28.5. The number of benzene rings is 6. The third-order valence-electron chi connectivity index (χ3n) is 17.0. The zero-order chi connectivity index (χ0) is 73.0. The number of rotatable bonds is 14. The number of aliphatic hydroxyl groups excluding tert-OH is 2. The van der Waals surface area contributed by atoms with E-state index in [1.165, 1.54) is 36.5 Å². The van der Waals surface area contributed by atoms with Crippen LogP contribution in [0.15, 0.2) is 115 Å². The van der Waals surface area contributed by atoms with Crippen LogP contribution < -0.4 is 0 Å². The van der Waals surface area contributed by atoms with E-state index < -0.39 is 39.1 Å². The van der Waals surface area contributed by atoms with E-state index in [0.29, 0.717) is 54.5 Å². The van der Waals surface area contributed by atoms with Crippen LogP contribution in [0.3, 0.4) is 0 Å². The number of ketones is 2. The number of hydrogen-bond donors (Lipinski definition) is 2. The van der Waals surface area contributed by atoms with E-state index in [1.54, 1.807) is 50.4 Å². The summed E-state index contributed by atoms with van der Waals surface area (Å²) in [5.41, 5.74) is 0.189. The molecule has 86 heavy (non-hydrogen) atoms. The Hall–Kier alpha value is -5.90. The molecule has 0 aliphatic carbocycles. The van der Waals surface area contributed by atoms with Gasteiger partial charge in [0, 0.05) is 108 Å². The Morgan fingerprint density at radius 3 is 1.42 bits per heavy atom. The SMILES string of the molecule is CCC(C)(C)C(=O)C=C(O)C(C)(C)CC.CCC(C)(CC)C(=O)C=C(O)C(C)(CC)CC.[2H]C([2H])([2H])c1[c-]c(-c2ncc(C)c3c2ccc2c(C)cc(C(F)(F)F)cc23)cc(C([2H])([2H])[2H])c1.[2H]C([2H])([2H])c1[c-]c(-c2ncc(C)c3c2ccc2c(F)cccc23)cc(C([2H])([2H])[2H])c1.[Ir].[Ir]. The van der Waals surface area contributed by atoms with Gasteiger partial charge in [0.2, 0.25) is 0 Å². The van der Waals surface area contributed by atoms with E-state index in [-0.39, 0.29) is 130 Å². The van der Waals surface area contributed by atoms with Gasteiger partial charge in [-0.15, -0.1) is 69.8 Å². The Morgan fingerprint density at radius 2 is 0.977 bits per heavy atom. The number of hydrogen-bond acceptors (Lipinski definition) is 6. The van der Waals surface area contributed by atoms with Gasteiger partial charge in [0.1, 0.15) is 17.3 Å². The summed E-state index contributed by atoms with van der Waals surface area (Å²) in [5, 5.41) is 24.6. The minimum atomic E-state index is -4.53. The Bertz CT molecular complexity index is 4180. The third-order valence-corrected chi connectivity index (χ3v) is 17.0. The predicted molar refractivity (Wildman–Crippen MR) is 342 cm³/mol. The average Bonchev–Trinajstić information content (AvgIpc) is 0.750. The maximum Gasteiger partial charge on any atom is 0.416 e. The zero-order valence-corrected chi connectivity index (χ0v) is 56.6. The van der Waals surface area contributed by atoms with Gasteiger partial charge in [0.25, 0.3) is 0 Å². The molecule has 0 aliphatic rings. The molecule has 2 radical (unpaired) electrons. The van der Waals surface area contributed by atoms with Crippen LogP contribution in [0, 0.1) is 87.8 Å². The van der Waals surface area contributed by atoms with Crippen LogP contribution in [0.1, 0.15) is 183 Å². The number of aromatic nitrogens is 2. The summed E-state index contributed by atoms with van der Waals surface area (Å²) >= 11 is 0. The Morgan fingerprint density at radius 1 is 0.523 bits per heavy atom. The summed E-state index contributed by atoms with van der Waals surface area (Å²) < 4.78 is 148. The van der Waals surface area contributed by atoms with E-state index in [4.69, 9.17) is 16.4 Å². The summed E-state index contributed by atoms with van der Waals surface area (Å²) in [6, 6.07) is 24.3. The molecule has 2 heterocycles. The molecule has 0 fully saturated rings. The van der Waals surface area contributed by atoms with Crippen LogP contribution in [0.25, 0.3) is 65.6 Å². The van der Waals surface area contributed by atoms with Gasteiger partial charge in [-0.3, -0.25) is 9.59 Å². The zero-order valence-electron chi connectivity index (χ0n) is 63.8. The van der Waals surface area contributed by atoms with Crippen molar-refractivity contribution in [2.75, 3.05) is 0 Å². The number of nitrogens with zero attached hydrogens (tertiary/aromatic N) is 2. The fourth-order valence-electron chi connectivity index (χ4n) is 9.32. The molecule has 2 aromatic heterocycles. The standard InChI is InChI=1S/C24H19F3N.C22H17FN.C15H28O2.C13H24O2.2Ir/c1-13-7-14(2)9-17(8-13)23-20-6-5-19-15(3)10-18(24(25,26)27)11-21(19)22(20)16(4)12-28-23;1-13-9-14(2)11-16(10-13)22-19-8-7-17-18(5-4-6-20(17)23)21(19)15(3)12-24-22;1-7-14(5,8-2)12(16)11-13(17)15(6,9-3)10-4;1-7-12(3,4)10(14)9-11(15)13(5,6)8-2;;/h5-8,10-12H,1-4H3;4-10,12H,1-3H3;11,16H,7-10H2,1-6H3;9,14H,7-8H2,1-6H3;;/q2*-1;;;;/i2*1D3,2D3;;;;. The summed E-state index contributed by atoms with van der Waals surface area (Å²) in [5.74, 6) is 0.141. The number of halogens is 4. The van der Waals surface area contributed by atoms with E-state index in [9.17, 15) is 37.4 Å². The monoisotopic (exact) mass is 1540 g/mol. The summed E-state index contributed by atoms with van der Waals surface area (Å²) in [6.07, 6.45) is 6.32. The number of allylic oxidation sites excluding steroid dienone is 4. The number of alkyl halides is 3. The van der Waals surface area contributed by atoms with Crippen molar-refractivity contribution in [3.63, 3.8) is 0 Å². The van der Waals surface area contributed by atoms with Gasteiger partial charge in [-0.1, -0.05) is 147 Å². The Labute approximate surface area is 553 Å². The molecule has 0 amide bonds. The molecule has 0 bridgehead atoms. The summed E-state index contributed by atoms with van der Waals surface area (Å²) in [7, 11) is 0. The first-order valence-electron chi connectivity index (χ1n) is 34.5. The van der Waals surface area contributed by atoms with Crippen molar-refractivity contribution in [2.24, 2.45) is 21.7 Å². The fraction of sp³-hybridized carbons (Fsp3) is 0.405. The second-order valence-corrected chi connectivity index (χ2v) is 23.5. The fourth-order valence-corrected chi connectivity index (χ4v) is 9.32. The topological polar surface area (TPSA) is 100 Å². The minimum Gasteiger partial charge on any atom is -0.512 e. The van der Waals surface area contributed by atoms with Gasteiger partial charge in [-0.25, -0.2) is 4.39 Å². The molecule has 0 spiro atoms. The van der Waals surface area contributed by atoms with Crippen LogP contribution in [-0.2, 0) is 56.0 Å². The smallest absolute Gasteiger partial charge is 0.416 e. The van der Waals surface area contributed by atoms with Crippen molar-refractivity contribution in [3.8, 4) is 22.5 Å². The molecule has 0 saturated carbocycles. The largest absolute Gasteiger partial charge is 0.512 e. The normalized spacial score (nSPS) is 15.0. The van der Waals surface area contributed by atoms with Crippen LogP contribution in [-0.4, -0.2) is 31.7 Å². The molecule has 8 rings (SSSR count). The molecule has 8 aromatic rings. The van der Waals surface area contributed by atoms with E-state index >= 15 is 0 Å². The Balaban J connectivity index is 0.000000357. The van der Waals surface area contributed by atoms with E-state index in [2.05, 4.69) is 22.1 Å². The van der Waals surface area contributed by atoms with Crippen LogP contribution >= 0.6 is 0 Å². The van der Waals surface area contributed by atoms with E-state index in [0.717, 1.165) is 73.7 Å². The number of carbonyl (C=O) groups excluding carboxylic acids is 2. The molecule has 0 saturated heterocycles. The summed E-state index contributed by atoms with van der Waals surface area (Å²) in [6.45, 7) is 18.7. The molecule has 2 N–H and O–H groups in total. The van der Waals surface area contributed by atoms with Crippen molar-refractivity contribution in [2.45, 2.75) is 176 Å². The first-order chi connectivity index (χ1) is 44.0. The first kappa shape index (κ1) is 56.6.